The van der Waals surface area contributed by atoms with Crippen LogP contribution in [-0.2, 0) is 11.3 Å². The third-order valence-corrected chi connectivity index (χ3v) is 3.98. The number of quaternary nitrogens is 1. The van der Waals surface area contributed by atoms with Gasteiger partial charge in [0.15, 0.2) is 0 Å². The highest BCUT2D eigenvalue weighted by Gasteiger charge is 2.23. The van der Waals surface area contributed by atoms with Crippen LogP contribution in [0.1, 0.15) is 25.8 Å². The molecule has 1 N–H and O–H groups in total. The fraction of sp³-hybridized carbons (Fsp3) is 0.562. The maximum absolute atomic E-state index is 12.0. The Hall–Kier alpha value is -1.06. The second-order valence-electron chi connectivity index (χ2n) is 6.04. The Balaban J connectivity index is 1.81. The van der Waals surface area contributed by atoms with Crippen LogP contribution in [0, 0.1) is 5.92 Å². The molecular formula is C16H24ClN2O+. The van der Waals surface area contributed by atoms with E-state index in [1.807, 2.05) is 23.1 Å². The molecule has 2 rings (SSSR count). The predicted molar refractivity (Wildman–Crippen MR) is 81.9 cm³/mol. The summed E-state index contributed by atoms with van der Waals surface area (Å²) in [6.07, 6.45) is 0.670. The van der Waals surface area contributed by atoms with Crippen LogP contribution < -0.4 is 4.90 Å². The lowest BCUT2D eigenvalue weighted by atomic mass is 10.1. The number of carbonyl (C=O) groups is 1. The van der Waals surface area contributed by atoms with Gasteiger partial charge in [0.05, 0.1) is 26.2 Å². The number of nitrogens with one attached hydrogen (secondary N) is 1. The molecule has 0 radical (unpaired) electrons. The number of piperazine rings is 1. The van der Waals surface area contributed by atoms with Crippen molar-refractivity contribution in [1.29, 1.82) is 0 Å². The fourth-order valence-electron chi connectivity index (χ4n) is 2.66. The summed E-state index contributed by atoms with van der Waals surface area (Å²) < 4.78 is 0. The molecule has 4 heteroatoms. The molecule has 1 amide bonds. The van der Waals surface area contributed by atoms with Gasteiger partial charge in [-0.05, 0) is 18.1 Å². The summed E-state index contributed by atoms with van der Waals surface area (Å²) in [7, 11) is 0. The summed E-state index contributed by atoms with van der Waals surface area (Å²) in [6.45, 7) is 8.99. The molecule has 1 aromatic carbocycles. The van der Waals surface area contributed by atoms with E-state index in [2.05, 4.69) is 19.9 Å². The van der Waals surface area contributed by atoms with E-state index < -0.39 is 0 Å². The average molecular weight is 296 g/mol. The Labute approximate surface area is 126 Å². The van der Waals surface area contributed by atoms with Crippen molar-refractivity contribution < 1.29 is 9.69 Å². The summed E-state index contributed by atoms with van der Waals surface area (Å²) in [5.74, 6) is 0.751. The van der Waals surface area contributed by atoms with Crippen molar-refractivity contribution in [1.82, 2.24) is 4.90 Å². The van der Waals surface area contributed by atoms with E-state index in [4.69, 9.17) is 11.6 Å². The van der Waals surface area contributed by atoms with E-state index in [-0.39, 0.29) is 0 Å². The van der Waals surface area contributed by atoms with Gasteiger partial charge in [0.2, 0.25) is 5.91 Å². The first-order valence-electron chi connectivity index (χ1n) is 7.40. The minimum absolute atomic E-state index is 0.307. The van der Waals surface area contributed by atoms with E-state index in [1.54, 1.807) is 0 Å². The van der Waals surface area contributed by atoms with E-state index in [0.29, 0.717) is 18.2 Å². The zero-order valence-electron chi connectivity index (χ0n) is 12.4. The third-order valence-electron chi connectivity index (χ3n) is 3.75. The highest BCUT2D eigenvalue weighted by atomic mass is 35.5. The first kappa shape index (κ1) is 15.3. The Kier molecular flexibility index (Phi) is 5.44. The third kappa shape index (κ3) is 4.50. The van der Waals surface area contributed by atoms with Gasteiger partial charge in [-0.3, -0.25) is 4.79 Å². The van der Waals surface area contributed by atoms with Gasteiger partial charge < -0.3 is 9.80 Å². The smallest absolute Gasteiger partial charge is 0.223 e. The highest BCUT2D eigenvalue weighted by Crippen LogP contribution is 2.10. The molecule has 20 heavy (non-hydrogen) atoms. The molecule has 1 aliphatic rings. The van der Waals surface area contributed by atoms with Gasteiger partial charge in [-0.15, -0.1) is 0 Å². The maximum atomic E-state index is 12.0. The highest BCUT2D eigenvalue weighted by molar-refractivity contribution is 6.30. The molecule has 0 saturated carbocycles. The maximum Gasteiger partial charge on any atom is 0.223 e. The number of hydrogen-bond acceptors (Lipinski definition) is 1. The molecule has 0 bridgehead atoms. The van der Waals surface area contributed by atoms with Crippen molar-refractivity contribution in [3.8, 4) is 0 Å². The van der Waals surface area contributed by atoms with Crippen LogP contribution in [0.2, 0.25) is 5.02 Å². The monoisotopic (exact) mass is 295 g/mol. The normalized spacial score (nSPS) is 16.7. The van der Waals surface area contributed by atoms with Crippen molar-refractivity contribution in [3.05, 3.63) is 34.9 Å². The number of halogens is 1. The van der Waals surface area contributed by atoms with Crippen molar-refractivity contribution in [2.75, 3.05) is 26.2 Å². The lowest BCUT2D eigenvalue weighted by Gasteiger charge is -2.32. The van der Waals surface area contributed by atoms with Gasteiger partial charge in [0.25, 0.3) is 0 Å². The molecule has 1 aliphatic heterocycles. The van der Waals surface area contributed by atoms with E-state index in [1.165, 1.54) is 10.5 Å². The van der Waals surface area contributed by atoms with Gasteiger partial charge in [0, 0.05) is 17.0 Å². The van der Waals surface area contributed by atoms with Crippen LogP contribution in [0.15, 0.2) is 24.3 Å². The molecule has 1 aromatic rings. The average Bonchev–Trinajstić information content (AvgIpc) is 2.38. The van der Waals surface area contributed by atoms with E-state index in [0.717, 1.165) is 37.7 Å². The summed E-state index contributed by atoms with van der Waals surface area (Å²) >= 11 is 6.01. The van der Waals surface area contributed by atoms with Gasteiger partial charge >= 0.3 is 0 Å². The number of carbonyl (C=O) groups excluding carboxylic acids is 1. The lowest BCUT2D eigenvalue weighted by molar-refractivity contribution is -0.917. The zero-order valence-corrected chi connectivity index (χ0v) is 13.1. The number of hydrogen-bond donors (Lipinski definition) is 1. The lowest BCUT2D eigenvalue weighted by Crippen LogP contribution is -3.13. The molecule has 0 unspecified atom stereocenters. The van der Waals surface area contributed by atoms with Gasteiger partial charge in [-0.25, -0.2) is 0 Å². The van der Waals surface area contributed by atoms with Crippen LogP contribution in [0.25, 0.3) is 0 Å². The SMILES string of the molecule is CC(C)CC(=O)N1CC[NH+](Cc2cccc(Cl)c2)CC1. The van der Waals surface area contributed by atoms with E-state index >= 15 is 0 Å². The quantitative estimate of drug-likeness (QED) is 0.897. The molecule has 0 aliphatic carbocycles. The fourth-order valence-corrected chi connectivity index (χ4v) is 2.88. The summed E-state index contributed by atoms with van der Waals surface area (Å²) in [5.41, 5.74) is 1.27. The number of amides is 1. The van der Waals surface area contributed by atoms with E-state index in [9.17, 15) is 4.79 Å². The van der Waals surface area contributed by atoms with Gasteiger partial charge in [0.1, 0.15) is 6.54 Å². The van der Waals surface area contributed by atoms with Crippen molar-refractivity contribution >= 4 is 17.5 Å². The number of rotatable bonds is 4. The summed E-state index contributed by atoms with van der Waals surface area (Å²) in [6, 6.07) is 8.06. The minimum atomic E-state index is 0.307. The minimum Gasteiger partial charge on any atom is -0.331 e. The van der Waals surface area contributed by atoms with Crippen LogP contribution >= 0.6 is 11.6 Å². The number of benzene rings is 1. The first-order chi connectivity index (χ1) is 9.54. The Bertz CT molecular complexity index is 454. The molecule has 0 spiro atoms. The second kappa shape index (κ2) is 7.09. The van der Waals surface area contributed by atoms with Crippen LogP contribution in [0.5, 0.6) is 0 Å². The molecule has 0 atom stereocenters. The zero-order chi connectivity index (χ0) is 14.5. The van der Waals surface area contributed by atoms with Gasteiger partial charge in [-0.1, -0.05) is 37.6 Å². The molecule has 0 aromatic heterocycles. The Morgan fingerprint density at radius 2 is 2.05 bits per heavy atom. The standard InChI is InChI=1S/C16H23ClN2O/c1-13(2)10-16(20)19-8-6-18(7-9-19)12-14-4-3-5-15(17)11-14/h3-5,11,13H,6-10,12H2,1-2H3/p+1. The molecule has 3 nitrogen and oxygen atoms in total. The second-order valence-corrected chi connectivity index (χ2v) is 6.47. The van der Waals surface area contributed by atoms with Crippen LogP contribution in [-0.4, -0.2) is 37.0 Å². The Morgan fingerprint density at radius 1 is 1.35 bits per heavy atom. The summed E-state index contributed by atoms with van der Waals surface area (Å²) in [4.78, 5) is 15.6. The van der Waals surface area contributed by atoms with Crippen LogP contribution in [0.4, 0.5) is 0 Å². The molecule has 1 heterocycles. The molecule has 1 saturated heterocycles. The molecule has 110 valence electrons. The Morgan fingerprint density at radius 3 is 2.65 bits per heavy atom. The molecule has 1 fully saturated rings. The van der Waals surface area contributed by atoms with Crippen LogP contribution in [0.3, 0.4) is 0 Å². The molecular weight excluding hydrogens is 272 g/mol. The van der Waals surface area contributed by atoms with Gasteiger partial charge in [-0.2, -0.15) is 0 Å². The first-order valence-corrected chi connectivity index (χ1v) is 7.78. The topological polar surface area (TPSA) is 24.8 Å². The summed E-state index contributed by atoms with van der Waals surface area (Å²) in [5, 5.41) is 0.799. The van der Waals surface area contributed by atoms with Crippen molar-refractivity contribution in [2.45, 2.75) is 26.8 Å². The largest absolute Gasteiger partial charge is 0.331 e. The van der Waals surface area contributed by atoms with Crippen molar-refractivity contribution in [2.24, 2.45) is 5.92 Å². The predicted octanol–water partition coefficient (Wildman–Crippen LogP) is 1.61. The number of nitrogens with zero attached hydrogens (tertiary/aromatic N) is 1. The van der Waals surface area contributed by atoms with Crippen molar-refractivity contribution in [3.63, 3.8) is 0 Å².